The molecule has 30 heavy (non-hydrogen) atoms. The fourth-order valence-corrected chi connectivity index (χ4v) is 3.99. The zero-order valence-corrected chi connectivity index (χ0v) is 18.1. The summed E-state index contributed by atoms with van der Waals surface area (Å²) in [4.78, 5) is 22.5. The lowest BCUT2D eigenvalue weighted by Crippen LogP contribution is -2.43. The number of amides is 1. The first-order valence-corrected chi connectivity index (χ1v) is 9.80. The SMILES string of the molecule is Cl.Cl.O=C1NCCc2[nH]c(-c3ccnc(-c4cccc(N5CCNCC5)c4)c3)cc21. The number of carbonyl (C=O) groups excluding carboxylic acids is 1. The summed E-state index contributed by atoms with van der Waals surface area (Å²) in [5, 5.41) is 6.29. The van der Waals surface area contributed by atoms with Crippen molar-refractivity contribution >= 4 is 36.4 Å². The Balaban J connectivity index is 0.00000128. The Hall–Kier alpha value is -2.54. The van der Waals surface area contributed by atoms with Gasteiger partial charge in [-0.1, -0.05) is 12.1 Å². The number of aromatic amines is 1. The van der Waals surface area contributed by atoms with Crippen LogP contribution < -0.4 is 15.5 Å². The highest BCUT2D eigenvalue weighted by Gasteiger charge is 2.20. The van der Waals surface area contributed by atoms with E-state index in [0.717, 1.165) is 66.4 Å². The van der Waals surface area contributed by atoms with Gasteiger partial charge >= 0.3 is 0 Å². The van der Waals surface area contributed by atoms with Gasteiger partial charge in [-0.15, -0.1) is 24.8 Å². The number of rotatable bonds is 3. The molecule has 6 nitrogen and oxygen atoms in total. The van der Waals surface area contributed by atoms with Crippen molar-refractivity contribution in [2.75, 3.05) is 37.6 Å². The van der Waals surface area contributed by atoms with Crippen LogP contribution in [0.4, 0.5) is 5.69 Å². The molecule has 3 aromatic rings. The van der Waals surface area contributed by atoms with Crippen LogP contribution in [0.3, 0.4) is 0 Å². The molecule has 3 N–H and O–H groups in total. The molecular weight excluding hydrogens is 421 g/mol. The molecule has 1 saturated heterocycles. The van der Waals surface area contributed by atoms with E-state index >= 15 is 0 Å². The lowest BCUT2D eigenvalue weighted by atomic mass is 10.1. The van der Waals surface area contributed by atoms with Crippen molar-refractivity contribution in [1.82, 2.24) is 20.6 Å². The number of hydrogen-bond donors (Lipinski definition) is 3. The van der Waals surface area contributed by atoms with Crippen LogP contribution in [0.5, 0.6) is 0 Å². The van der Waals surface area contributed by atoms with Gasteiger partial charge in [0.15, 0.2) is 0 Å². The maximum atomic E-state index is 12.1. The first-order chi connectivity index (χ1) is 13.8. The summed E-state index contributed by atoms with van der Waals surface area (Å²) in [7, 11) is 0. The predicted octanol–water partition coefficient (Wildman–Crippen LogP) is 3.28. The van der Waals surface area contributed by atoms with Gasteiger partial charge in [-0.3, -0.25) is 9.78 Å². The van der Waals surface area contributed by atoms with E-state index in [-0.39, 0.29) is 30.7 Å². The van der Waals surface area contributed by atoms with Crippen molar-refractivity contribution in [3.8, 4) is 22.5 Å². The van der Waals surface area contributed by atoms with Crippen molar-refractivity contribution in [3.63, 3.8) is 0 Å². The van der Waals surface area contributed by atoms with Crippen LogP contribution in [0.25, 0.3) is 22.5 Å². The monoisotopic (exact) mass is 445 g/mol. The third-order valence-electron chi connectivity index (χ3n) is 5.50. The summed E-state index contributed by atoms with van der Waals surface area (Å²) in [6.07, 6.45) is 2.67. The zero-order valence-electron chi connectivity index (χ0n) is 16.5. The van der Waals surface area contributed by atoms with Crippen molar-refractivity contribution in [2.45, 2.75) is 6.42 Å². The van der Waals surface area contributed by atoms with E-state index in [1.807, 2.05) is 18.3 Å². The molecule has 2 aliphatic rings. The molecule has 5 rings (SSSR count). The third-order valence-corrected chi connectivity index (χ3v) is 5.50. The van der Waals surface area contributed by atoms with Gasteiger partial charge in [0, 0.05) is 73.5 Å². The quantitative estimate of drug-likeness (QED) is 0.578. The smallest absolute Gasteiger partial charge is 0.253 e. The Labute approximate surface area is 188 Å². The summed E-state index contributed by atoms with van der Waals surface area (Å²) < 4.78 is 0. The Morgan fingerprint density at radius 1 is 0.933 bits per heavy atom. The fraction of sp³-hybridized carbons (Fsp3) is 0.273. The molecule has 0 unspecified atom stereocenters. The molecule has 4 heterocycles. The van der Waals surface area contributed by atoms with Crippen LogP contribution in [0.1, 0.15) is 16.1 Å². The lowest BCUT2D eigenvalue weighted by Gasteiger charge is -2.29. The van der Waals surface area contributed by atoms with E-state index < -0.39 is 0 Å². The minimum absolute atomic E-state index is 0. The van der Waals surface area contributed by atoms with Crippen LogP contribution in [0.2, 0.25) is 0 Å². The number of piperazine rings is 1. The van der Waals surface area contributed by atoms with E-state index in [9.17, 15) is 4.79 Å². The van der Waals surface area contributed by atoms with Crippen molar-refractivity contribution in [2.24, 2.45) is 0 Å². The van der Waals surface area contributed by atoms with Gasteiger partial charge in [0.05, 0.1) is 11.3 Å². The lowest BCUT2D eigenvalue weighted by molar-refractivity contribution is 0.0946. The molecule has 2 aliphatic heterocycles. The highest BCUT2D eigenvalue weighted by Crippen LogP contribution is 2.29. The number of H-pyrrole nitrogens is 1. The molecule has 1 aromatic carbocycles. The molecule has 158 valence electrons. The Kier molecular flexibility index (Phi) is 7.02. The molecule has 0 bridgehead atoms. The van der Waals surface area contributed by atoms with Crippen molar-refractivity contribution < 1.29 is 4.79 Å². The number of nitrogens with one attached hydrogen (secondary N) is 3. The van der Waals surface area contributed by atoms with Crippen LogP contribution in [0, 0.1) is 0 Å². The highest BCUT2D eigenvalue weighted by molar-refractivity contribution is 5.97. The summed E-state index contributed by atoms with van der Waals surface area (Å²) in [5.74, 6) is 0.00162. The molecule has 2 aromatic heterocycles. The number of hydrogen-bond acceptors (Lipinski definition) is 4. The minimum atomic E-state index is 0. The summed E-state index contributed by atoms with van der Waals surface area (Å²) in [5.41, 5.74) is 7.04. The number of pyridine rings is 1. The van der Waals surface area contributed by atoms with Crippen LogP contribution in [-0.4, -0.2) is 48.6 Å². The molecule has 8 heteroatoms. The maximum Gasteiger partial charge on any atom is 0.253 e. The Morgan fingerprint density at radius 3 is 2.57 bits per heavy atom. The number of nitrogens with zero attached hydrogens (tertiary/aromatic N) is 2. The van der Waals surface area contributed by atoms with Gasteiger partial charge in [0.25, 0.3) is 5.91 Å². The largest absolute Gasteiger partial charge is 0.369 e. The van der Waals surface area contributed by atoms with Crippen LogP contribution in [-0.2, 0) is 6.42 Å². The molecule has 0 saturated carbocycles. The molecule has 0 spiro atoms. The molecular formula is C22H25Cl2N5O. The van der Waals surface area contributed by atoms with E-state index in [1.165, 1.54) is 5.69 Å². The third kappa shape index (κ3) is 4.31. The van der Waals surface area contributed by atoms with Gasteiger partial charge in [0.2, 0.25) is 0 Å². The Morgan fingerprint density at radius 2 is 1.77 bits per heavy atom. The van der Waals surface area contributed by atoms with Gasteiger partial charge in [-0.25, -0.2) is 0 Å². The van der Waals surface area contributed by atoms with Gasteiger partial charge in [-0.2, -0.15) is 0 Å². The number of benzene rings is 1. The number of fused-ring (bicyclic) bond motifs is 1. The topological polar surface area (TPSA) is 73.0 Å². The normalized spacial score (nSPS) is 15.5. The Bertz CT molecular complexity index is 1030. The standard InChI is InChI=1S/C22H23N5O.2ClH/c28-22-18-14-21(26-19(18)5-7-25-22)16-4-6-24-20(13-16)15-2-1-3-17(12-15)27-10-8-23-9-11-27;;/h1-4,6,12-14,23,26H,5,7-11H2,(H,25,28);2*1H. The average molecular weight is 446 g/mol. The molecule has 0 radical (unpaired) electrons. The molecule has 0 aliphatic carbocycles. The second-order valence-corrected chi connectivity index (χ2v) is 7.30. The number of carbonyl (C=O) groups is 1. The summed E-state index contributed by atoms with van der Waals surface area (Å²) in [6, 6.07) is 14.6. The summed E-state index contributed by atoms with van der Waals surface area (Å²) in [6.45, 7) is 4.76. The second kappa shape index (κ2) is 9.51. The van der Waals surface area contributed by atoms with Crippen molar-refractivity contribution in [3.05, 3.63) is 59.9 Å². The highest BCUT2D eigenvalue weighted by atomic mass is 35.5. The van der Waals surface area contributed by atoms with Crippen LogP contribution >= 0.6 is 24.8 Å². The van der Waals surface area contributed by atoms with E-state index in [4.69, 9.17) is 0 Å². The molecule has 1 fully saturated rings. The number of halogens is 2. The van der Waals surface area contributed by atoms with Gasteiger partial charge in [0.1, 0.15) is 0 Å². The molecule has 1 amide bonds. The molecule has 0 atom stereocenters. The van der Waals surface area contributed by atoms with E-state index in [0.29, 0.717) is 6.54 Å². The summed E-state index contributed by atoms with van der Waals surface area (Å²) >= 11 is 0. The average Bonchev–Trinajstić information content (AvgIpc) is 3.21. The van der Waals surface area contributed by atoms with Crippen LogP contribution in [0.15, 0.2) is 48.7 Å². The zero-order chi connectivity index (χ0) is 18.9. The number of aromatic nitrogens is 2. The predicted molar refractivity (Wildman–Crippen MR) is 125 cm³/mol. The van der Waals surface area contributed by atoms with Gasteiger partial charge in [-0.05, 0) is 30.3 Å². The number of anilines is 1. The van der Waals surface area contributed by atoms with Crippen molar-refractivity contribution in [1.29, 1.82) is 0 Å². The van der Waals surface area contributed by atoms with E-state index in [2.05, 4.69) is 55.8 Å². The first kappa shape index (κ1) is 22.2. The minimum Gasteiger partial charge on any atom is -0.369 e. The van der Waals surface area contributed by atoms with Gasteiger partial charge < -0.3 is 20.5 Å². The maximum absolute atomic E-state index is 12.1. The first-order valence-electron chi connectivity index (χ1n) is 9.80. The van der Waals surface area contributed by atoms with E-state index in [1.54, 1.807) is 0 Å². The fourth-order valence-electron chi connectivity index (χ4n) is 3.99. The second-order valence-electron chi connectivity index (χ2n) is 7.30.